The molecule has 0 aromatic carbocycles. The van der Waals surface area contributed by atoms with Crippen LogP contribution in [0.4, 0.5) is 0 Å². The fourth-order valence-corrected chi connectivity index (χ4v) is 0.742. The van der Waals surface area contributed by atoms with Crippen molar-refractivity contribution in [2.45, 2.75) is 0 Å². The van der Waals surface area contributed by atoms with Crippen LogP contribution < -0.4 is 0 Å². The Bertz CT molecular complexity index is 313. The Hall–Kier alpha value is -1.89. The van der Waals surface area contributed by atoms with Crippen molar-refractivity contribution in [2.75, 3.05) is 7.11 Å². The lowest BCUT2D eigenvalue weighted by Gasteiger charge is -1.99. The van der Waals surface area contributed by atoms with Crippen LogP contribution in [-0.2, 0) is 4.74 Å². The molecule has 0 aliphatic heterocycles. The van der Waals surface area contributed by atoms with Gasteiger partial charge in [0.2, 0.25) is 12.1 Å². The number of hydrogen-bond donors (Lipinski definition) is 0. The minimum absolute atomic E-state index is 0.234. The van der Waals surface area contributed by atoms with Gasteiger partial charge < -0.3 is 4.74 Å². The summed E-state index contributed by atoms with van der Waals surface area (Å²) >= 11 is 0. The molecule has 1 aromatic heterocycles. The molecule has 0 amide bonds. The van der Waals surface area contributed by atoms with E-state index >= 15 is 0 Å². The molecule has 0 aliphatic rings. The van der Waals surface area contributed by atoms with E-state index in [0.29, 0.717) is 5.69 Å². The largest absolute Gasteiger partial charge is 0.479 e. The number of aromatic nitrogens is 1. The minimum atomic E-state index is 0.234. The maximum absolute atomic E-state index is 8.28. The summed E-state index contributed by atoms with van der Waals surface area (Å²) in [4.78, 5) is 7.41. The summed E-state index contributed by atoms with van der Waals surface area (Å²) in [6.45, 7) is 0. The van der Waals surface area contributed by atoms with Gasteiger partial charge in [0.05, 0.1) is 7.11 Å². The van der Waals surface area contributed by atoms with Gasteiger partial charge >= 0.3 is 0 Å². The molecule has 12 heavy (non-hydrogen) atoms. The van der Waals surface area contributed by atoms with Crippen molar-refractivity contribution in [3.63, 3.8) is 0 Å². The van der Waals surface area contributed by atoms with Crippen LogP contribution in [-0.4, -0.2) is 18.0 Å². The van der Waals surface area contributed by atoms with Crippen LogP contribution in [0.1, 0.15) is 5.69 Å². The number of nitriles is 1. The Kier molecular flexibility index (Phi) is 2.79. The standard InChI is InChI=1S/C8H7N3O/c1-12-8(11-6-9)7-4-2-3-5-10-7/h2-5H,1H3. The molecular weight excluding hydrogens is 154 g/mol. The zero-order chi connectivity index (χ0) is 8.81. The van der Waals surface area contributed by atoms with E-state index in [0.717, 1.165) is 0 Å². The first kappa shape index (κ1) is 8.21. The third kappa shape index (κ3) is 1.80. The quantitative estimate of drug-likeness (QED) is 0.350. The van der Waals surface area contributed by atoms with Crippen LogP contribution in [0.15, 0.2) is 29.4 Å². The van der Waals surface area contributed by atoms with Crippen LogP contribution in [0.25, 0.3) is 0 Å². The summed E-state index contributed by atoms with van der Waals surface area (Å²) in [5.41, 5.74) is 0.557. The van der Waals surface area contributed by atoms with E-state index < -0.39 is 0 Å². The van der Waals surface area contributed by atoms with Gasteiger partial charge in [0.1, 0.15) is 5.69 Å². The first-order valence-corrected chi connectivity index (χ1v) is 3.30. The molecule has 4 heteroatoms. The molecule has 1 heterocycles. The Morgan fingerprint density at radius 3 is 3.00 bits per heavy atom. The molecule has 60 valence electrons. The van der Waals surface area contributed by atoms with E-state index in [1.165, 1.54) is 7.11 Å². The fourth-order valence-electron chi connectivity index (χ4n) is 0.742. The SMILES string of the molecule is COC(=NC#N)c1ccccn1. The molecule has 4 nitrogen and oxygen atoms in total. The molecule has 0 N–H and O–H groups in total. The van der Waals surface area contributed by atoms with Crippen molar-refractivity contribution in [1.29, 1.82) is 5.26 Å². The fraction of sp³-hybridized carbons (Fsp3) is 0.125. The highest BCUT2D eigenvalue weighted by molar-refractivity contribution is 5.92. The van der Waals surface area contributed by atoms with Crippen molar-refractivity contribution >= 4 is 5.90 Å². The van der Waals surface area contributed by atoms with Crippen molar-refractivity contribution in [1.82, 2.24) is 4.98 Å². The number of pyridine rings is 1. The molecule has 0 spiro atoms. The third-order valence-electron chi connectivity index (χ3n) is 1.23. The number of hydrogen-bond acceptors (Lipinski definition) is 4. The normalized spacial score (nSPS) is 10.5. The summed E-state index contributed by atoms with van der Waals surface area (Å²) in [7, 11) is 1.45. The molecule has 0 fully saturated rings. The topological polar surface area (TPSA) is 58.3 Å². The van der Waals surface area contributed by atoms with Crippen LogP contribution in [0.5, 0.6) is 0 Å². The van der Waals surface area contributed by atoms with Gasteiger partial charge in [0, 0.05) is 6.20 Å². The van der Waals surface area contributed by atoms with Gasteiger partial charge in [0.15, 0.2) is 0 Å². The molecule has 0 radical (unpaired) electrons. The molecule has 0 saturated heterocycles. The summed E-state index contributed by atoms with van der Waals surface area (Å²) in [6, 6.07) is 5.30. The Morgan fingerprint density at radius 1 is 1.67 bits per heavy atom. The molecule has 0 bridgehead atoms. The van der Waals surface area contributed by atoms with E-state index in [1.807, 2.05) is 0 Å². The zero-order valence-electron chi connectivity index (χ0n) is 6.56. The average Bonchev–Trinajstić information content (AvgIpc) is 2.15. The maximum Gasteiger partial charge on any atom is 0.250 e. The lowest BCUT2D eigenvalue weighted by molar-refractivity contribution is 0.403. The van der Waals surface area contributed by atoms with Gasteiger partial charge in [0.25, 0.3) is 0 Å². The Balaban J connectivity index is 2.98. The van der Waals surface area contributed by atoms with Crippen molar-refractivity contribution in [3.05, 3.63) is 30.1 Å². The van der Waals surface area contributed by atoms with Gasteiger partial charge in [-0.2, -0.15) is 5.26 Å². The Morgan fingerprint density at radius 2 is 2.50 bits per heavy atom. The van der Waals surface area contributed by atoms with E-state index in [4.69, 9.17) is 10.00 Å². The molecule has 1 rings (SSSR count). The van der Waals surface area contributed by atoms with Crippen molar-refractivity contribution < 1.29 is 4.74 Å². The summed E-state index contributed by atoms with van der Waals surface area (Å²) in [5, 5.41) is 8.28. The molecule has 0 unspecified atom stereocenters. The van der Waals surface area contributed by atoms with Gasteiger partial charge in [-0.15, -0.1) is 4.99 Å². The summed E-state index contributed by atoms with van der Waals surface area (Å²) in [5.74, 6) is 0.234. The molecule has 0 aliphatic carbocycles. The van der Waals surface area contributed by atoms with Crippen LogP contribution in [0.3, 0.4) is 0 Å². The van der Waals surface area contributed by atoms with Crippen LogP contribution >= 0.6 is 0 Å². The van der Waals surface area contributed by atoms with E-state index in [1.54, 1.807) is 30.6 Å². The maximum atomic E-state index is 8.28. The van der Waals surface area contributed by atoms with E-state index in [-0.39, 0.29) is 5.90 Å². The third-order valence-corrected chi connectivity index (χ3v) is 1.23. The summed E-state index contributed by atoms with van der Waals surface area (Å²) in [6.07, 6.45) is 3.25. The number of ether oxygens (including phenoxy) is 1. The van der Waals surface area contributed by atoms with Crippen molar-refractivity contribution in [2.24, 2.45) is 4.99 Å². The summed E-state index contributed by atoms with van der Waals surface area (Å²) < 4.78 is 4.84. The number of methoxy groups -OCH3 is 1. The number of nitrogens with zero attached hydrogens (tertiary/aromatic N) is 3. The van der Waals surface area contributed by atoms with Crippen LogP contribution in [0.2, 0.25) is 0 Å². The second-order valence-electron chi connectivity index (χ2n) is 1.94. The smallest absolute Gasteiger partial charge is 0.250 e. The average molecular weight is 161 g/mol. The van der Waals surface area contributed by atoms with Crippen LogP contribution in [0, 0.1) is 11.5 Å². The Labute approximate surface area is 70.1 Å². The van der Waals surface area contributed by atoms with Gasteiger partial charge in [-0.25, -0.2) is 0 Å². The predicted octanol–water partition coefficient (Wildman–Crippen LogP) is 0.956. The minimum Gasteiger partial charge on any atom is -0.479 e. The van der Waals surface area contributed by atoms with E-state index in [9.17, 15) is 0 Å². The molecular formula is C8H7N3O. The number of rotatable bonds is 1. The highest BCUT2D eigenvalue weighted by Gasteiger charge is 2.01. The van der Waals surface area contributed by atoms with Gasteiger partial charge in [-0.3, -0.25) is 4.98 Å². The number of aliphatic imine (C=N–C) groups is 1. The molecule has 0 atom stereocenters. The highest BCUT2D eigenvalue weighted by Crippen LogP contribution is 1.96. The second kappa shape index (κ2) is 4.09. The van der Waals surface area contributed by atoms with Gasteiger partial charge in [-0.05, 0) is 12.1 Å². The lowest BCUT2D eigenvalue weighted by Crippen LogP contribution is -2.04. The lowest BCUT2D eigenvalue weighted by atomic mass is 10.3. The second-order valence-corrected chi connectivity index (χ2v) is 1.94. The first-order valence-electron chi connectivity index (χ1n) is 3.30. The predicted molar refractivity (Wildman–Crippen MR) is 43.4 cm³/mol. The van der Waals surface area contributed by atoms with E-state index in [2.05, 4.69) is 9.98 Å². The molecule has 1 aromatic rings. The van der Waals surface area contributed by atoms with Crippen molar-refractivity contribution in [3.8, 4) is 6.19 Å². The zero-order valence-corrected chi connectivity index (χ0v) is 6.56. The molecule has 0 saturated carbocycles. The first-order chi connectivity index (χ1) is 5.88. The van der Waals surface area contributed by atoms with Gasteiger partial charge in [-0.1, -0.05) is 6.07 Å². The monoisotopic (exact) mass is 161 g/mol. The highest BCUT2D eigenvalue weighted by atomic mass is 16.5.